The lowest BCUT2D eigenvalue weighted by Gasteiger charge is -2.35. The van der Waals surface area contributed by atoms with Gasteiger partial charge in [0.1, 0.15) is 17.2 Å². The molecule has 0 radical (unpaired) electrons. The quantitative estimate of drug-likeness (QED) is 0.232. The van der Waals surface area contributed by atoms with E-state index in [2.05, 4.69) is 37.0 Å². The van der Waals surface area contributed by atoms with E-state index in [0.717, 1.165) is 16.5 Å². The Morgan fingerprint density at radius 3 is 2.58 bits per heavy atom. The van der Waals surface area contributed by atoms with Gasteiger partial charge in [-0.1, -0.05) is 38.1 Å². The molecule has 1 amide bonds. The van der Waals surface area contributed by atoms with E-state index in [1.54, 1.807) is 35.6 Å². The predicted molar refractivity (Wildman–Crippen MR) is 169 cm³/mol. The number of rotatable bonds is 7. The van der Waals surface area contributed by atoms with Gasteiger partial charge in [-0.15, -0.1) is 0 Å². The van der Waals surface area contributed by atoms with Crippen molar-refractivity contribution in [3.8, 4) is 11.1 Å². The maximum Gasteiger partial charge on any atom is 0.246 e. The molecule has 0 unspecified atom stereocenters. The van der Waals surface area contributed by atoms with Crippen LogP contribution in [0.1, 0.15) is 25.2 Å². The molecule has 0 saturated carbocycles. The fraction of sp³-hybridized carbons (Fsp3) is 0.290. The third-order valence-corrected chi connectivity index (χ3v) is 7.56. The monoisotopic (exact) mass is 601 g/mol. The molecule has 0 bridgehead atoms. The van der Waals surface area contributed by atoms with Gasteiger partial charge in [0.25, 0.3) is 0 Å². The summed E-state index contributed by atoms with van der Waals surface area (Å²) in [5.41, 5.74) is 2.71. The second-order valence-electron chi connectivity index (χ2n) is 9.76. The highest BCUT2D eigenvalue weighted by molar-refractivity contribution is 6.35. The number of aromatic amines is 1. The van der Waals surface area contributed by atoms with Gasteiger partial charge in [-0.25, -0.2) is 19.3 Å². The highest BCUT2D eigenvalue weighted by atomic mass is 35.5. The molecule has 1 fully saturated rings. The summed E-state index contributed by atoms with van der Waals surface area (Å²) < 4.78 is 16.6. The minimum absolute atomic E-state index is 0.120. The summed E-state index contributed by atoms with van der Waals surface area (Å²) in [4.78, 5) is 33.8. The van der Waals surface area contributed by atoms with Gasteiger partial charge in [-0.3, -0.25) is 9.89 Å². The van der Waals surface area contributed by atoms with E-state index >= 15 is 4.39 Å². The van der Waals surface area contributed by atoms with Crippen LogP contribution in [0.4, 0.5) is 16.2 Å². The van der Waals surface area contributed by atoms with Crippen LogP contribution in [0.25, 0.3) is 32.9 Å². The van der Waals surface area contributed by atoms with Gasteiger partial charge in [0.15, 0.2) is 5.82 Å². The van der Waals surface area contributed by atoms with E-state index in [4.69, 9.17) is 16.6 Å². The summed E-state index contributed by atoms with van der Waals surface area (Å²) in [7, 11) is 0. The van der Waals surface area contributed by atoms with Crippen LogP contribution in [0.5, 0.6) is 0 Å². The van der Waals surface area contributed by atoms with Crippen LogP contribution < -0.4 is 10.2 Å². The van der Waals surface area contributed by atoms with Crippen molar-refractivity contribution < 1.29 is 9.18 Å². The molecule has 2 aromatic carbocycles. The van der Waals surface area contributed by atoms with E-state index in [0.29, 0.717) is 61.7 Å². The number of aromatic nitrogens is 6. The summed E-state index contributed by atoms with van der Waals surface area (Å²) in [5, 5.41) is 11.8. The van der Waals surface area contributed by atoms with E-state index in [1.807, 2.05) is 37.8 Å². The smallest absolute Gasteiger partial charge is 0.246 e. The first kappa shape index (κ1) is 29.8. The standard InChI is InChI=1S/C29H27ClFN9O.C2H6/c1-3-23(41)39-11-13-40(14-12-39)28-18-15-20(30)25(24-17(2)5-6-21-19(24)16-35-38-21)26(31)27(18)36-29(37-28)34-10-7-22-32-8-4-9-33-22;1-2/h3-6,8-9,15-16H,1,7,10-14H2,2H3,(H,35,38)(H,34,36,37);1-2H3. The minimum atomic E-state index is -0.539. The van der Waals surface area contributed by atoms with Crippen molar-refractivity contribution in [2.45, 2.75) is 27.2 Å². The van der Waals surface area contributed by atoms with Crippen molar-refractivity contribution in [1.29, 1.82) is 0 Å². The number of hydrogen-bond donors (Lipinski definition) is 2. The first-order chi connectivity index (χ1) is 20.9. The van der Waals surface area contributed by atoms with Crippen molar-refractivity contribution in [2.75, 3.05) is 42.9 Å². The number of carbonyl (C=O) groups excluding carboxylic acids is 1. The van der Waals surface area contributed by atoms with Crippen LogP contribution in [0.3, 0.4) is 0 Å². The molecule has 43 heavy (non-hydrogen) atoms. The van der Waals surface area contributed by atoms with Crippen molar-refractivity contribution >= 4 is 51.1 Å². The average molecular weight is 602 g/mol. The molecule has 1 saturated heterocycles. The lowest BCUT2D eigenvalue weighted by molar-refractivity contribution is -0.126. The zero-order valence-corrected chi connectivity index (χ0v) is 25.1. The van der Waals surface area contributed by atoms with Gasteiger partial charge < -0.3 is 15.1 Å². The minimum Gasteiger partial charge on any atom is -0.354 e. The zero-order valence-electron chi connectivity index (χ0n) is 24.4. The molecule has 1 aliphatic heterocycles. The molecule has 0 spiro atoms. The summed E-state index contributed by atoms with van der Waals surface area (Å²) in [6.45, 7) is 11.9. The number of fused-ring (bicyclic) bond motifs is 2. The first-order valence-corrected chi connectivity index (χ1v) is 14.6. The summed E-state index contributed by atoms with van der Waals surface area (Å²) in [5.74, 6) is 0.837. The summed E-state index contributed by atoms with van der Waals surface area (Å²) in [6, 6.07) is 7.30. The number of hydrogen-bond acceptors (Lipinski definition) is 8. The number of aryl methyl sites for hydroxylation is 1. The van der Waals surface area contributed by atoms with Crippen LogP contribution >= 0.6 is 11.6 Å². The van der Waals surface area contributed by atoms with Crippen molar-refractivity contribution in [1.82, 2.24) is 35.0 Å². The molecular weight excluding hydrogens is 569 g/mol. The third kappa shape index (κ3) is 5.98. The Bertz CT molecular complexity index is 1770. The summed E-state index contributed by atoms with van der Waals surface area (Å²) >= 11 is 6.83. The Hall–Kier alpha value is -4.64. The normalized spacial score (nSPS) is 13.1. The van der Waals surface area contributed by atoms with Crippen LogP contribution in [-0.4, -0.2) is 73.7 Å². The Kier molecular flexibility index (Phi) is 9.10. The van der Waals surface area contributed by atoms with Crippen LogP contribution in [0.2, 0.25) is 5.02 Å². The molecule has 0 atom stereocenters. The highest BCUT2D eigenvalue weighted by Gasteiger charge is 2.26. The van der Waals surface area contributed by atoms with Crippen molar-refractivity contribution in [3.05, 3.63) is 77.7 Å². The van der Waals surface area contributed by atoms with Crippen molar-refractivity contribution in [2.24, 2.45) is 0 Å². The number of amides is 1. The van der Waals surface area contributed by atoms with Gasteiger partial charge in [-0.2, -0.15) is 10.1 Å². The molecule has 6 rings (SSSR count). The Morgan fingerprint density at radius 2 is 1.86 bits per heavy atom. The Balaban J connectivity index is 0.00000180. The maximum absolute atomic E-state index is 16.6. The van der Waals surface area contributed by atoms with Gasteiger partial charge >= 0.3 is 0 Å². The third-order valence-electron chi connectivity index (χ3n) is 7.26. The molecule has 2 N–H and O–H groups in total. The molecule has 0 aliphatic carbocycles. The van der Waals surface area contributed by atoms with Gasteiger partial charge in [0, 0.05) is 73.4 Å². The average Bonchev–Trinajstić information content (AvgIpc) is 3.52. The summed E-state index contributed by atoms with van der Waals surface area (Å²) in [6.07, 6.45) is 6.90. The van der Waals surface area contributed by atoms with E-state index in [9.17, 15) is 4.79 Å². The lowest BCUT2D eigenvalue weighted by Crippen LogP contribution is -2.48. The molecule has 4 heterocycles. The fourth-order valence-electron chi connectivity index (χ4n) is 5.20. The van der Waals surface area contributed by atoms with Crippen LogP contribution in [0.15, 0.2) is 55.5 Å². The van der Waals surface area contributed by atoms with Crippen LogP contribution in [0, 0.1) is 12.7 Å². The van der Waals surface area contributed by atoms with Gasteiger partial charge in [0.2, 0.25) is 11.9 Å². The SMILES string of the molecule is C=CC(=O)N1CCN(c2nc(NCCc3ncccn3)nc3c(F)c(-c4c(C)ccc5[nH]ncc45)c(Cl)cc23)CC1.CC. The second-order valence-corrected chi connectivity index (χ2v) is 10.2. The van der Waals surface area contributed by atoms with Crippen LogP contribution in [-0.2, 0) is 11.2 Å². The highest BCUT2D eigenvalue weighted by Crippen LogP contribution is 2.42. The molecular formula is C31H33ClFN9O. The number of H-pyrrole nitrogens is 1. The number of carbonyl (C=O) groups is 1. The Morgan fingerprint density at radius 1 is 1.12 bits per heavy atom. The first-order valence-electron chi connectivity index (χ1n) is 14.2. The van der Waals surface area contributed by atoms with E-state index < -0.39 is 5.82 Å². The topological polar surface area (TPSA) is 116 Å². The fourth-order valence-corrected chi connectivity index (χ4v) is 5.49. The molecule has 5 aromatic rings. The lowest BCUT2D eigenvalue weighted by atomic mass is 9.95. The largest absolute Gasteiger partial charge is 0.354 e. The maximum atomic E-state index is 16.6. The molecule has 1 aliphatic rings. The zero-order chi connectivity index (χ0) is 30.5. The second kappa shape index (κ2) is 13.1. The van der Waals surface area contributed by atoms with Gasteiger partial charge in [-0.05, 0) is 36.8 Å². The van der Waals surface area contributed by atoms with Gasteiger partial charge in [0.05, 0.1) is 16.7 Å². The number of nitrogens with one attached hydrogen (secondary N) is 2. The number of halogens is 2. The molecule has 222 valence electrons. The predicted octanol–water partition coefficient (Wildman–Crippen LogP) is 5.58. The van der Waals surface area contributed by atoms with E-state index in [1.165, 1.54) is 6.08 Å². The molecule has 12 heteroatoms. The molecule has 3 aromatic heterocycles. The van der Waals surface area contributed by atoms with Crippen molar-refractivity contribution in [3.63, 3.8) is 0 Å². The Labute approximate surface area is 254 Å². The van der Waals surface area contributed by atoms with E-state index in [-0.39, 0.29) is 28.0 Å². The molecule has 10 nitrogen and oxygen atoms in total. The number of benzene rings is 2. The number of anilines is 2. The number of nitrogens with zero attached hydrogens (tertiary/aromatic N) is 7. The number of piperazine rings is 1.